The first-order chi connectivity index (χ1) is 7.67. The van der Waals surface area contributed by atoms with Gasteiger partial charge in [0.05, 0.1) is 4.92 Å². The van der Waals surface area contributed by atoms with Crippen molar-refractivity contribution in [2.24, 2.45) is 0 Å². The number of nitrogens with zero attached hydrogens (tertiary/aromatic N) is 3. The van der Waals surface area contributed by atoms with Gasteiger partial charge in [0, 0.05) is 12.6 Å². The van der Waals surface area contributed by atoms with Gasteiger partial charge < -0.3 is 10.4 Å². The van der Waals surface area contributed by atoms with E-state index in [9.17, 15) is 10.1 Å². The average Bonchev–Trinajstić information content (AvgIpc) is 2.29. The van der Waals surface area contributed by atoms with E-state index in [2.05, 4.69) is 15.3 Å². The first kappa shape index (κ1) is 12.3. The van der Waals surface area contributed by atoms with Crippen molar-refractivity contribution in [3.63, 3.8) is 0 Å². The summed E-state index contributed by atoms with van der Waals surface area (Å²) in [6.07, 6.45) is 3.72. The van der Waals surface area contributed by atoms with Gasteiger partial charge in [-0.1, -0.05) is 6.92 Å². The van der Waals surface area contributed by atoms with E-state index in [4.69, 9.17) is 5.11 Å². The Morgan fingerprint density at radius 2 is 2.19 bits per heavy atom. The Kier molecular flexibility index (Phi) is 4.59. The van der Waals surface area contributed by atoms with Crippen molar-refractivity contribution in [1.82, 2.24) is 9.97 Å². The number of aliphatic hydroxyl groups excluding tert-OH is 1. The Morgan fingerprint density at radius 1 is 1.56 bits per heavy atom. The van der Waals surface area contributed by atoms with Crippen LogP contribution in [0, 0.1) is 10.1 Å². The average molecular weight is 226 g/mol. The third kappa shape index (κ3) is 3.43. The summed E-state index contributed by atoms with van der Waals surface area (Å²) >= 11 is 0. The second kappa shape index (κ2) is 5.96. The lowest BCUT2D eigenvalue weighted by Crippen LogP contribution is -2.21. The lowest BCUT2D eigenvalue weighted by Gasteiger charge is -2.14. The normalized spacial score (nSPS) is 12.1. The Labute approximate surface area is 92.7 Å². The van der Waals surface area contributed by atoms with Crippen LogP contribution in [0.2, 0.25) is 0 Å². The molecule has 0 fully saturated rings. The summed E-state index contributed by atoms with van der Waals surface area (Å²) < 4.78 is 0. The molecule has 0 saturated carbocycles. The molecule has 1 heterocycles. The van der Waals surface area contributed by atoms with Crippen LogP contribution in [0.15, 0.2) is 12.4 Å². The molecule has 88 valence electrons. The molecule has 1 aromatic rings. The van der Waals surface area contributed by atoms with Crippen molar-refractivity contribution < 1.29 is 10.0 Å². The number of aliphatic hydroxyl groups is 1. The first-order valence-electron chi connectivity index (χ1n) is 5.01. The molecule has 1 rings (SSSR count). The zero-order valence-corrected chi connectivity index (χ0v) is 8.96. The fourth-order valence-corrected chi connectivity index (χ4v) is 1.21. The highest BCUT2D eigenvalue weighted by atomic mass is 16.6. The fraction of sp³-hybridized carbons (Fsp3) is 0.556. The van der Waals surface area contributed by atoms with Crippen LogP contribution >= 0.6 is 0 Å². The van der Waals surface area contributed by atoms with Crippen LogP contribution in [0.5, 0.6) is 0 Å². The summed E-state index contributed by atoms with van der Waals surface area (Å²) in [6.45, 7) is 2.05. The molecule has 1 aromatic heterocycles. The number of rotatable bonds is 6. The zero-order chi connectivity index (χ0) is 12.0. The van der Waals surface area contributed by atoms with Crippen molar-refractivity contribution in [2.45, 2.75) is 25.8 Å². The number of hydrogen-bond acceptors (Lipinski definition) is 6. The molecule has 0 aliphatic heterocycles. The van der Waals surface area contributed by atoms with Gasteiger partial charge >= 0.3 is 5.69 Å². The van der Waals surface area contributed by atoms with Crippen LogP contribution in [0.1, 0.15) is 19.8 Å². The number of nitro groups is 1. The van der Waals surface area contributed by atoms with Crippen molar-refractivity contribution in [3.05, 3.63) is 22.5 Å². The van der Waals surface area contributed by atoms with Crippen molar-refractivity contribution in [2.75, 3.05) is 11.9 Å². The lowest BCUT2D eigenvalue weighted by atomic mass is 10.2. The van der Waals surface area contributed by atoms with Gasteiger partial charge in [0.25, 0.3) is 0 Å². The molecule has 0 saturated heterocycles. The Morgan fingerprint density at radius 3 is 2.62 bits per heavy atom. The maximum atomic E-state index is 10.4. The number of anilines is 1. The maximum Gasteiger partial charge on any atom is 0.305 e. The van der Waals surface area contributed by atoms with Crippen molar-refractivity contribution >= 4 is 11.6 Å². The molecule has 0 aliphatic rings. The van der Waals surface area contributed by atoms with Crippen LogP contribution in [-0.4, -0.2) is 32.6 Å². The second-order valence-electron chi connectivity index (χ2n) is 3.28. The summed E-state index contributed by atoms with van der Waals surface area (Å²) in [5, 5.41) is 22.1. The third-order valence-corrected chi connectivity index (χ3v) is 2.15. The van der Waals surface area contributed by atoms with Crippen molar-refractivity contribution in [3.8, 4) is 0 Å². The minimum atomic E-state index is -0.547. The minimum absolute atomic E-state index is 0.0754. The summed E-state index contributed by atoms with van der Waals surface area (Å²) in [7, 11) is 0. The number of aromatic nitrogens is 2. The van der Waals surface area contributed by atoms with Gasteiger partial charge in [-0.05, 0) is 12.8 Å². The van der Waals surface area contributed by atoms with Gasteiger partial charge in [0.2, 0.25) is 5.95 Å². The monoisotopic (exact) mass is 226 g/mol. The number of hydrogen-bond donors (Lipinski definition) is 2. The second-order valence-corrected chi connectivity index (χ2v) is 3.28. The quantitative estimate of drug-likeness (QED) is 0.553. The molecular weight excluding hydrogens is 212 g/mol. The molecule has 7 nitrogen and oxygen atoms in total. The van der Waals surface area contributed by atoms with Crippen LogP contribution in [0.3, 0.4) is 0 Å². The molecule has 16 heavy (non-hydrogen) atoms. The van der Waals surface area contributed by atoms with Gasteiger partial charge in [-0.2, -0.15) is 0 Å². The molecule has 0 aromatic carbocycles. The summed E-state index contributed by atoms with van der Waals surface area (Å²) in [5.41, 5.74) is -0.138. The summed E-state index contributed by atoms with van der Waals surface area (Å²) in [5.74, 6) is 0.339. The van der Waals surface area contributed by atoms with E-state index >= 15 is 0 Å². The van der Waals surface area contributed by atoms with Crippen LogP contribution < -0.4 is 5.32 Å². The largest absolute Gasteiger partial charge is 0.396 e. The topological polar surface area (TPSA) is 101 Å². The molecule has 2 N–H and O–H groups in total. The van der Waals surface area contributed by atoms with E-state index in [1.807, 2.05) is 6.92 Å². The molecule has 1 unspecified atom stereocenters. The third-order valence-electron chi connectivity index (χ3n) is 2.15. The van der Waals surface area contributed by atoms with Gasteiger partial charge in [0.15, 0.2) is 0 Å². The minimum Gasteiger partial charge on any atom is -0.396 e. The molecule has 0 spiro atoms. The molecule has 0 aliphatic carbocycles. The highest BCUT2D eigenvalue weighted by Crippen LogP contribution is 2.10. The van der Waals surface area contributed by atoms with E-state index in [0.717, 1.165) is 18.8 Å². The standard InChI is InChI=1S/C9H14N4O3/c1-2-7(3-4-14)12-9-10-5-8(6-11-9)13(15)16/h5-7,14H,2-4H2,1H3,(H,10,11,12). The Bertz CT molecular complexity index is 341. The summed E-state index contributed by atoms with van der Waals surface area (Å²) in [6, 6.07) is 0.0754. The van der Waals surface area contributed by atoms with Crippen LogP contribution in [-0.2, 0) is 0 Å². The zero-order valence-electron chi connectivity index (χ0n) is 8.96. The molecule has 0 bridgehead atoms. The smallest absolute Gasteiger partial charge is 0.305 e. The van der Waals surface area contributed by atoms with Gasteiger partial charge in [-0.15, -0.1) is 0 Å². The highest BCUT2D eigenvalue weighted by Gasteiger charge is 2.09. The Balaban J connectivity index is 2.63. The van der Waals surface area contributed by atoms with E-state index in [-0.39, 0.29) is 18.3 Å². The predicted octanol–water partition coefficient (Wildman–Crippen LogP) is 0.958. The van der Waals surface area contributed by atoms with E-state index < -0.39 is 4.92 Å². The predicted molar refractivity (Wildman–Crippen MR) is 58.1 cm³/mol. The van der Waals surface area contributed by atoms with E-state index in [0.29, 0.717) is 12.4 Å². The van der Waals surface area contributed by atoms with E-state index in [1.54, 1.807) is 0 Å². The maximum absolute atomic E-state index is 10.4. The fourth-order valence-electron chi connectivity index (χ4n) is 1.21. The van der Waals surface area contributed by atoms with Gasteiger partial charge in [-0.25, -0.2) is 9.97 Å². The molecule has 0 radical (unpaired) electrons. The molecule has 7 heteroatoms. The lowest BCUT2D eigenvalue weighted by molar-refractivity contribution is -0.385. The SMILES string of the molecule is CCC(CCO)Nc1ncc([N+](=O)[O-])cn1. The Hall–Kier alpha value is -1.76. The van der Waals surface area contributed by atoms with Crippen LogP contribution in [0.25, 0.3) is 0 Å². The van der Waals surface area contributed by atoms with Crippen molar-refractivity contribution in [1.29, 1.82) is 0 Å². The molecular formula is C9H14N4O3. The number of nitrogens with one attached hydrogen (secondary N) is 1. The summed E-state index contributed by atoms with van der Waals surface area (Å²) in [4.78, 5) is 17.5. The van der Waals surface area contributed by atoms with Gasteiger partial charge in [0.1, 0.15) is 12.4 Å². The molecule has 1 atom stereocenters. The first-order valence-corrected chi connectivity index (χ1v) is 5.01. The molecule has 0 amide bonds. The van der Waals surface area contributed by atoms with E-state index in [1.165, 1.54) is 0 Å². The highest BCUT2D eigenvalue weighted by molar-refractivity contribution is 5.31. The van der Waals surface area contributed by atoms with Crippen LogP contribution in [0.4, 0.5) is 11.6 Å². The van der Waals surface area contributed by atoms with Gasteiger partial charge in [-0.3, -0.25) is 10.1 Å².